The second-order valence-electron chi connectivity index (χ2n) is 9.09. The number of imidazole rings is 1. The maximum absolute atomic E-state index is 13.6. The summed E-state index contributed by atoms with van der Waals surface area (Å²) in [5.41, 5.74) is 2.71. The topological polar surface area (TPSA) is 90.8 Å². The van der Waals surface area contributed by atoms with E-state index in [4.69, 9.17) is 0 Å². The third kappa shape index (κ3) is 5.61. The predicted octanol–water partition coefficient (Wildman–Crippen LogP) is 5.11. The van der Waals surface area contributed by atoms with Gasteiger partial charge in [-0.2, -0.15) is 13.2 Å². The number of carbonyl (C=O) groups excluding carboxylic acids is 2. The predicted molar refractivity (Wildman–Crippen MR) is 146 cm³/mol. The number of anilines is 3. The SMILES string of the molecule is CC(=O)Nc1cccn2c(C#Cc3cc(C(=O)Nc4cc(N5C=CNC5)cc(C(F)(F)F)c4)ccc3C)cnc12. The Morgan fingerprint density at radius 2 is 1.90 bits per heavy atom. The number of nitrogens with zero attached hydrogens (tertiary/aromatic N) is 3. The fraction of sp³-hybridized carbons (Fsp3) is 0.138. The highest BCUT2D eigenvalue weighted by molar-refractivity contribution is 6.05. The molecule has 2 amide bonds. The van der Waals surface area contributed by atoms with Gasteiger partial charge in [-0.15, -0.1) is 0 Å². The van der Waals surface area contributed by atoms with Crippen LogP contribution < -0.4 is 20.9 Å². The third-order valence-corrected chi connectivity index (χ3v) is 6.14. The van der Waals surface area contributed by atoms with Gasteiger partial charge >= 0.3 is 6.18 Å². The highest BCUT2D eigenvalue weighted by atomic mass is 19.4. The quantitative estimate of drug-likeness (QED) is 0.311. The van der Waals surface area contributed by atoms with Gasteiger partial charge in [-0.1, -0.05) is 12.0 Å². The lowest BCUT2D eigenvalue weighted by molar-refractivity contribution is -0.137. The smallest absolute Gasteiger partial charge is 0.372 e. The highest BCUT2D eigenvalue weighted by Crippen LogP contribution is 2.35. The zero-order chi connectivity index (χ0) is 28.4. The molecule has 0 saturated heterocycles. The van der Waals surface area contributed by atoms with Crippen molar-refractivity contribution in [2.75, 3.05) is 22.2 Å². The second-order valence-corrected chi connectivity index (χ2v) is 9.09. The minimum absolute atomic E-state index is 0.0176. The molecule has 2 aromatic heterocycles. The minimum atomic E-state index is -4.58. The molecule has 0 fully saturated rings. The van der Waals surface area contributed by atoms with Gasteiger partial charge in [0.25, 0.3) is 5.91 Å². The fourth-order valence-corrected chi connectivity index (χ4v) is 4.16. The van der Waals surface area contributed by atoms with E-state index in [1.54, 1.807) is 64.4 Å². The summed E-state index contributed by atoms with van der Waals surface area (Å²) in [4.78, 5) is 30.5. The highest BCUT2D eigenvalue weighted by Gasteiger charge is 2.32. The van der Waals surface area contributed by atoms with Crippen molar-refractivity contribution in [1.82, 2.24) is 14.7 Å². The molecule has 0 aliphatic carbocycles. The van der Waals surface area contributed by atoms with Crippen LogP contribution in [-0.4, -0.2) is 27.9 Å². The van der Waals surface area contributed by atoms with E-state index in [2.05, 4.69) is 32.8 Å². The van der Waals surface area contributed by atoms with Crippen molar-refractivity contribution in [1.29, 1.82) is 0 Å². The van der Waals surface area contributed by atoms with E-state index in [1.165, 1.54) is 13.0 Å². The molecule has 8 nitrogen and oxygen atoms in total. The van der Waals surface area contributed by atoms with E-state index in [0.717, 1.165) is 17.7 Å². The third-order valence-electron chi connectivity index (χ3n) is 6.14. The molecular weight excluding hydrogens is 521 g/mol. The van der Waals surface area contributed by atoms with E-state index in [1.807, 2.05) is 6.92 Å². The molecule has 5 rings (SSSR count). The van der Waals surface area contributed by atoms with Crippen LogP contribution in [0.15, 0.2) is 73.3 Å². The largest absolute Gasteiger partial charge is 0.416 e. The number of amides is 2. The van der Waals surface area contributed by atoms with Crippen molar-refractivity contribution in [3.63, 3.8) is 0 Å². The van der Waals surface area contributed by atoms with Gasteiger partial charge in [-0.3, -0.25) is 14.0 Å². The standard InChI is InChI=1S/C29H23F3N6O2/c1-18-5-6-21(12-20(18)7-8-24-16-34-27-26(35-19(2)39)4-3-10-38(24)27)28(40)36-23-13-22(29(30,31)32)14-25(15-23)37-11-9-33-17-37/h3-6,9-16,33H,17H2,1-2H3,(H,35,39)(H,36,40). The number of hydrogen-bond donors (Lipinski definition) is 3. The van der Waals surface area contributed by atoms with E-state index >= 15 is 0 Å². The first-order chi connectivity index (χ1) is 19.1. The van der Waals surface area contributed by atoms with Gasteiger partial charge in [-0.05, 0) is 60.9 Å². The maximum Gasteiger partial charge on any atom is 0.416 e. The zero-order valence-corrected chi connectivity index (χ0v) is 21.4. The zero-order valence-electron chi connectivity index (χ0n) is 21.4. The van der Waals surface area contributed by atoms with Gasteiger partial charge in [-0.25, -0.2) is 4.98 Å². The summed E-state index contributed by atoms with van der Waals surface area (Å²) in [7, 11) is 0. The van der Waals surface area contributed by atoms with Crippen molar-refractivity contribution in [2.24, 2.45) is 0 Å². The molecule has 2 aromatic carbocycles. The molecule has 0 unspecified atom stereocenters. The molecule has 11 heteroatoms. The Morgan fingerprint density at radius 3 is 2.62 bits per heavy atom. The summed E-state index contributed by atoms with van der Waals surface area (Å²) in [6.07, 6.45) is 2.01. The molecule has 0 spiro atoms. The first-order valence-corrected chi connectivity index (χ1v) is 12.2. The summed E-state index contributed by atoms with van der Waals surface area (Å²) >= 11 is 0. The second kappa shape index (κ2) is 10.5. The first kappa shape index (κ1) is 26.4. The van der Waals surface area contributed by atoms with Crippen molar-refractivity contribution >= 4 is 34.5 Å². The Bertz CT molecular complexity index is 1730. The molecule has 0 radical (unpaired) electrons. The van der Waals surface area contributed by atoms with E-state index < -0.39 is 17.6 Å². The van der Waals surface area contributed by atoms with Gasteiger partial charge in [0.05, 0.1) is 24.1 Å². The van der Waals surface area contributed by atoms with E-state index in [0.29, 0.717) is 29.3 Å². The molecule has 0 saturated carbocycles. The van der Waals surface area contributed by atoms with Gasteiger partial charge in [0, 0.05) is 48.0 Å². The molecule has 1 aliphatic rings. The molecule has 3 heterocycles. The number of aromatic nitrogens is 2. The van der Waals surface area contributed by atoms with E-state index in [9.17, 15) is 22.8 Å². The lowest BCUT2D eigenvalue weighted by Gasteiger charge is -2.19. The van der Waals surface area contributed by atoms with Gasteiger partial charge in [0.1, 0.15) is 5.69 Å². The molecule has 3 N–H and O–H groups in total. The van der Waals surface area contributed by atoms with Crippen LogP contribution in [0.4, 0.5) is 30.2 Å². The van der Waals surface area contributed by atoms with Gasteiger partial charge in [0.2, 0.25) is 5.91 Å². The lowest BCUT2D eigenvalue weighted by atomic mass is 10.0. The molecule has 0 bridgehead atoms. The fourth-order valence-electron chi connectivity index (χ4n) is 4.16. The van der Waals surface area contributed by atoms with Crippen LogP contribution in [0, 0.1) is 18.8 Å². The Hall–Kier alpha value is -5.24. The Morgan fingerprint density at radius 1 is 1.07 bits per heavy atom. The van der Waals surface area contributed by atoms with Crippen molar-refractivity contribution in [3.8, 4) is 11.8 Å². The van der Waals surface area contributed by atoms with Gasteiger partial charge in [0.15, 0.2) is 5.65 Å². The number of aryl methyl sites for hydroxylation is 1. The van der Waals surface area contributed by atoms with Crippen molar-refractivity contribution in [3.05, 3.63) is 101 Å². The normalized spacial score (nSPS) is 12.6. The number of halogens is 3. The number of hydrogen-bond acceptors (Lipinski definition) is 5. The van der Waals surface area contributed by atoms with Crippen LogP contribution in [0.5, 0.6) is 0 Å². The Labute approximate surface area is 227 Å². The summed E-state index contributed by atoms with van der Waals surface area (Å²) in [5.74, 6) is 5.31. The molecule has 40 heavy (non-hydrogen) atoms. The van der Waals surface area contributed by atoms with Crippen LogP contribution in [-0.2, 0) is 11.0 Å². The number of fused-ring (bicyclic) bond motifs is 1. The van der Waals surface area contributed by atoms with Crippen LogP contribution in [0.25, 0.3) is 5.65 Å². The molecule has 202 valence electrons. The summed E-state index contributed by atoms with van der Waals surface area (Å²) in [6.45, 7) is 3.56. The van der Waals surface area contributed by atoms with Crippen LogP contribution >= 0.6 is 0 Å². The monoisotopic (exact) mass is 544 g/mol. The first-order valence-electron chi connectivity index (χ1n) is 12.2. The number of benzene rings is 2. The number of carbonyl (C=O) groups is 2. The maximum atomic E-state index is 13.6. The van der Waals surface area contributed by atoms with Crippen molar-refractivity contribution < 1.29 is 22.8 Å². The lowest BCUT2D eigenvalue weighted by Crippen LogP contribution is -2.21. The minimum Gasteiger partial charge on any atom is -0.372 e. The summed E-state index contributed by atoms with van der Waals surface area (Å²) in [5, 5.41) is 8.23. The Kier molecular flexibility index (Phi) is 6.92. The summed E-state index contributed by atoms with van der Waals surface area (Å²) < 4.78 is 42.4. The number of nitrogens with one attached hydrogen (secondary N) is 3. The van der Waals surface area contributed by atoms with Crippen LogP contribution in [0.2, 0.25) is 0 Å². The number of rotatable bonds is 4. The molecule has 1 aliphatic heterocycles. The average Bonchev–Trinajstić information content (AvgIpc) is 3.58. The molecule has 4 aromatic rings. The number of alkyl halides is 3. The average molecular weight is 545 g/mol. The van der Waals surface area contributed by atoms with E-state index in [-0.39, 0.29) is 22.8 Å². The van der Waals surface area contributed by atoms with Crippen LogP contribution in [0.1, 0.15) is 39.7 Å². The number of pyridine rings is 1. The van der Waals surface area contributed by atoms with Crippen molar-refractivity contribution in [2.45, 2.75) is 20.0 Å². The van der Waals surface area contributed by atoms with Gasteiger partial charge < -0.3 is 20.9 Å². The Balaban J connectivity index is 1.42. The molecular formula is C29H23F3N6O2. The molecule has 0 atom stereocenters. The summed E-state index contributed by atoms with van der Waals surface area (Å²) in [6, 6.07) is 11.8. The van der Waals surface area contributed by atoms with Crippen LogP contribution in [0.3, 0.4) is 0 Å².